The molecule has 2 aromatic rings. The molecule has 3 nitrogen and oxygen atoms in total. The summed E-state index contributed by atoms with van der Waals surface area (Å²) >= 11 is 1.61. The first-order chi connectivity index (χ1) is 7.88. The molecular formula is C12H11N3S. The molecule has 0 fully saturated rings. The largest absolute Gasteiger partial charge is 0.308 e. The summed E-state index contributed by atoms with van der Waals surface area (Å²) in [5.41, 5.74) is 1.96. The molecule has 0 amide bonds. The molecular weight excluding hydrogens is 218 g/mol. The van der Waals surface area contributed by atoms with Crippen molar-refractivity contribution in [3.63, 3.8) is 0 Å². The third-order valence-corrected chi connectivity index (χ3v) is 3.10. The minimum absolute atomic E-state index is 0.741. The molecule has 1 N–H and O–H groups in total. The topological polar surface area (TPSA) is 48.7 Å². The van der Waals surface area contributed by atoms with Crippen LogP contribution in [0.1, 0.15) is 16.0 Å². The number of hydrogen-bond acceptors (Lipinski definition) is 4. The minimum Gasteiger partial charge on any atom is -0.308 e. The average Bonchev–Trinajstić information content (AvgIpc) is 2.78. The Morgan fingerprint density at radius 3 is 2.81 bits per heavy atom. The van der Waals surface area contributed by atoms with Crippen LogP contribution in [0, 0.1) is 11.3 Å². The number of rotatable bonds is 4. The molecule has 2 heterocycles. The highest BCUT2D eigenvalue weighted by molar-refractivity contribution is 7.10. The maximum atomic E-state index is 8.68. The summed E-state index contributed by atoms with van der Waals surface area (Å²) in [7, 11) is 0. The predicted octanol–water partition coefficient (Wildman–Crippen LogP) is 2.30. The van der Waals surface area contributed by atoms with Crippen molar-refractivity contribution >= 4 is 11.3 Å². The van der Waals surface area contributed by atoms with E-state index in [2.05, 4.69) is 16.4 Å². The molecule has 2 rings (SSSR count). The Bertz CT molecular complexity index is 484. The Morgan fingerprint density at radius 1 is 1.31 bits per heavy atom. The number of nitriles is 1. The first-order valence-electron chi connectivity index (χ1n) is 4.95. The second-order valence-corrected chi connectivity index (χ2v) is 4.37. The molecule has 0 aliphatic carbocycles. The van der Waals surface area contributed by atoms with Crippen LogP contribution in [0.5, 0.6) is 0 Å². The monoisotopic (exact) mass is 229 g/mol. The Labute approximate surface area is 98.4 Å². The first-order valence-corrected chi connectivity index (χ1v) is 5.83. The van der Waals surface area contributed by atoms with Gasteiger partial charge in [0.05, 0.1) is 5.56 Å². The van der Waals surface area contributed by atoms with Gasteiger partial charge in [-0.3, -0.25) is 4.98 Å². The zero-order valence-corrected chi connectivity index (χ0v) is 9.50. The lowest BCUT2D eigenvalue weighted by molar-refractivity contribution is 0.700. The van der Waals surface area contributed by atoms with Gasteiger partial charge in [-0.15, -0.1) is 11.3 Å². The molecule has 0 atom stereocenters. The van der Waals surface area contributed by atoms with Crippen molar-refractivity contribution in [1.82, 2.24) is 10.3 Å². The molecule has 0 bridgehead atoms. The van der Waals surface area contributed by atoms with Crippen molar-refractivity contribution in [3.05, 3.63) is 52.0 Å². The van der Waals surface area contributed by atoms with Crippen LogP contribution < -0.4 is 5.32 Å². The van der Waals surface area contributed by atoms with Crippen molar-refractivity contribution in [2.75, 3.05) is 0 Å². The number of pyridine rings is 1. The lowest BCUT2D eigenvalue weighted by atomic mass is 10.2. The van der Waals surface area contributed by atoms with Crippen LogP contribution in [0.3, 0.4) is 0 Å². The smallest absolute Gasteiger partial charge is 0.100 e. The molecule has 2 aromatic heterocycles. The summed E-state index contributed by atoms with van der Waals surface area (Å²) in [4.78, 5) is 5.15. The SMILES string of the molecule is N#Cc1csc(CNCc2ccncc2)c1. The summed E-state index contributed by atoms with van der Waals surface area (Å²) in [6.45, 7) is 1.62. The van der Waals surface area contributed by atoms with Crippen molar-refractivity contribution in [2.24, 2.45) is 0 Å². The maximum absolute atomic E-state index is 8.68. The molecule has 80 valence electrons. The minimum atomic E-state index is 0.741. The first kappa shape index (κ1) is 10.8. The number of nitrogens with zero attached hydrogens (tertiary/aromatic N) is 2. The van der Waals surface area contributed by atoms with Crippen molar-refractivity contribution in [1.29, 1.82) is 5.26 Å². The van der Waals surface area contributed by atoms with Crippen LogP contribution in [-0.2, 0) is 13.1 Å². The summed E-state index contributed by atoms with van der Waals surface area (Å²) in [5, 5.41) is 13.9. The Morgan fingerprint density at radius 2 is 2.12 bits per heavy atom. The van der Waals surface area contributed by atoms with Crippen LogP contribution in [0.15, 0.2) is 36.0 Å². The number of hydrogen-bond donors (Lipinski definition) is 1. The van der Waals surface area contributed by atoms with E-state index in [4.69, 9.17) is 5.26 Å². The Hall–Kier alpha value is -1.70. The van der Waals surface area contributed by atoms with Gasteiger partial charge in [0, 0.05) is 35.7 Å². The van der Waals surface area contributed by atoms with Gasteiger partial charge in [-0.25, -0.2) is 0 Å². The molecule has 0 spiro atoms. The van der Waals surface area contributed by atoms with Crippen molar-refractivity contribution in [3.8, 4) is 6.07 Å². The van der Waals surface area contributed by atoms with Gasteiger partial charge in [-0.05, 0) is 23.8 Å². The van der Waals surface area contributed by atoms with Crippen LogP contribution in [0.25, 0.3) is 0 Å². The van der Waals surface area contributed by atoms with Crippen molar-refractivity contribution in [2.45, 2.75) is 13.1 Å². The number of nitrogens with one attached hydrogen (secondary N) is 1. The third kappa shape index (κ3) is 2.89. The van der Waals surface area contributed by atoms with Crippen LogP contribution >= 0.6 is 11.3 Å². The zero-order chi connectivity index (χ0) is 11.2. The molecule has 0 saturated heterocycles. The van der Waals surface area contributed by atoms with Crippen LogP contribution in [0.2, 0.25) is 0 Å². The summed E-state index contributed by atoms with van der Waals surface area (Å²) < 4.78 is 0. The van der Waals surface area contributed by atoms with Gasteiger partial charge in [0.25, 0.3) is 0 Å². The van der Waals surface area contributed by atoms with E-state index in [1.54, 1.807) is 23.7 Å². The Balaban J connectivity index is 1.83. The summed E-state index contributed by atoms with van der Waals surface area (Å²) in [6, 6.07) is 8.03. The fraction of sp³-hybridized carbons (Fsp3) is 0.167. The van der Waals surface area contributed by atoms with E-state index in [0.29, 0.717) is 0 Å². The fourth-order valence-corrected chi connectivity index (χ4v) is 2.14. The maximum Gasteiger partial charge on any atom is 0.100 e. The highest BCUT2D eigenvalue weighted by Gasteiger charge is 1.98. The normalized spacial score (nSPS) is 9.94. The van der Waals surface area contributed by atoms with E-state index in [9.17, 15) is 0 Å². The highest BCUT2D eigenvalue weighted by atomic mass is 32.1. The lowest BCUT2D eigenvalue weighted by Gasteiger charge is -2.02. The van der Waals surface area contributed by atoms with Crippen LogP contribution in [0.4, 0.5) is 0 Å². The van der Waals surface area contributed by atoms with Gasteiger partial charge in [0.2, 0.25) is 0 Å². The van der Waals surface area contributed by atoms with E-state index in [-0.39, 0.29) is 0 Å². The molecule has 16 heavy (non-hydrogen) atoms. The molecule has 0 aliphatic heterocycles. The number of aromatic nitrogens is 1. The van der Waals surface area contributed by atoms with Gasteiger partial charge in [-0.1, -0.05) is 0 Å². The standard InChI is InChI=1S/C12H11N3S/c13-6-11-5-12(16-9-11)8-15-7-10-1-3-14-4-2-10/h1-5,9,15H,7-8H2. The fourth-order valence-electron chi connectivity index (χ4n) is 1.36. The second-order valence-electron chi connectivity index (χ2n) is 3.37. The van der Waals surface area contributed by atoms with E-state index in [1.807, 2.05) is 23.6 Å². The summed E-state index contributed by atoms with van der Waals surface area (Å²) in [5.74, 6) is 0. The van der Waals surface area contributed by atoms with Gasteiger partial charge >= 0.3 is 0 Å². The molecule has 0 aliphatic rings. The molecule has 0 saturated carbocycles. The van der Waals surface area contributed by atoms with Crippen LogP contribution in [-0.4, -0.2) is 4.98 Å². The molecule has 0 unspecified atom stereocenters. The van der Waals surface area contributed by atoms with Crippen molar-refractivity contribution < 1.29 is 0 Å². The Kier molecular flexibility index (Phi) is 3.65. The predicted molar refractivity (Wildman–Crippen MR) is 63.8 cm³/mol. The van der Waals surface area contributed by atoms with E-state index >= 15 is 0 Å². The summed E-state index contributed by atoms with van der Waals surface area (Å²) in [6.07, 6.45) is 3.58. The third-order valence-electron chi connectivity index (χ3n) is 2.16. The van der Waals surface area contributed by atoms with Gasteiger partial charge < -0.3 is 5.32 Å². The molecule has 0 radical (unpaired) electrons. The second kappa shape index (κ2) is 5.40. The molecule has 0 aromatic carbocycles. The van der Waals surface area contributed by atoms with Gasteiger partial charge in [0.15, 0.2) is 0 Å². The highest BCUT2D eigenvalue weighted by Crippen LogP contribution is 2.13. The lowest BCUT2D eigenvalue weighted by Crippen LogP contribution is -2.11. The van der Waals surface area contributed by atoms with Gasteiger partial charge in [0.1, 0.15) is 6.07 Å². The number of thiophene rings is 1. The quantitative estimate of drug-likeness (QED) is 0.875. The van der Waals surface area contributed by atoms with E-state index < -0.39 is 0 Å². The van der Waals surface area contributed by atoms with E-state index in [0.717, 1.165) is 18.7 Å². The average molecular weight is 229 g/mol. The van der Waals surface area contributed by atoms with E-state index in [1.165, 1.54) is 10.4 Å². The van der Waals surface area contributed by atoms with Gasteiger partial charge in [-0.2, -0.15) is 5.26 Å². The molecule has 4 heteroatoms. The zero-order valence-electron chi connectivity index (χ0n) is 8.68.